The lowest BCUT2D eigenvalue weighted by molar-refractivity contribution is -0.149. The standard InChI is InChI=1S/C21H26N3O8P/c1-14(2)30-20(26)15(3)23-33(28,32-16-7-5-4-6-8-16)29-13-17-9-10-19(31-17)24-12-11-18(25)22-21(24)27/h4-9,11-12,14-15,19H,10,13H2,1-3H3,(H,23,28)(H,22,25,27)/t15-,19+,33-/m0/s1. The Bertz CT molecular complexity index is 1160. The Morgan fingerprint density at radius 1 is 1.24 bits per heavy atom. The lowest BCUT2D eigenvalue weighted by atomic mass is 10.3. The van der Waals surface area contributed by atoms with Crippen LogP contribution in [0.3, 0.4) is 0 Å². The first-order valence-electron chi connectivity index (χ1n) is 10.3. The van der Waals surface area contributed by atoms with E-state index in [0.717, 1.165) is 0 Å². The van der Waals surface area contributed by atoms with Crippen molar-refractivity contribution in [3.8, 4) is 5.75 Å². The van der Waals surface area contributed by atoms with Gasteiger partial charge in [-0.2, -0.15) is 5.09 Å². The third-order valence-corrected chi connectivity index (χ3v) is 6.02. The second-order valence-electron chi connectivity index (χ2n) is 7.51. The van der Waals surface area contributed by atoms with Crippen molar-refractivity contribution in [1.29, 1.82) is 0 Å². The van der Waals surface area contributed by atoms with Crippen molar-refractivity contribution in [2.24, 2.45) is 0 Å². The van der Waals surface area contributed by atoms with Gasteiger partial charge in [0.05, 0.1) is 6.10 Å². The van der Waals surface area contributed by atoms with Gasteiger partial charge in [-0.05, 0) is 39.0 Å². The minimum Gasteiger partial charge on any atom is -0.472 e. The number of H-pyrrole nitrogens is 1. The normalized spacial score (nSPS) is 18.2. The first-order chi connectivity index (χ1) is 15.6. The SMILES string of the molecule is CC(C)OC(=O)[C@H](C)N[P@](=O)(OCC1=CC[C@H](n2ccc(=O)[nH]c2=O)O1)Oc1ccccc1. The minimum atomic E-state index is -4.04. The van der Waals surface area contributed by atoms with Gasteiger partial charge >= 0.3 is 19.4 Å². The highest BCUT2D eigenvalue weighted by molar-refractivity contribution is 7.52. The molecule has 12 heteroatoms. The lowest BCUT2D eigenvalue weighted by Gasteiger charge is -2.23. The van der Waals surface area contributed by atoms with Gasteiger partial charge in [-0.15, -0.1) is 0 Å². The zero-order valence-electron chi connectivity index (χ0n) is 18.4. The van der Waals surface area contributed by atoms with Crippen molar-refractivity contribution in [2.75, 3.05) is 6.61 Å². The molecule has 3 rings (SSSR count). The molecule has 1 aromatic carbocycles. The van der Waals surface area contributed by atoms with Crippen LogP contribution in [0.25, 0.3) is 0 Å². The Morgan fingerprint density at radius 2 is 1.97 bits per heavy atom. The summed E-state index contributed by atoms with van der Waals surface area (Å²) in [5.74, 6) is -0.0229. The van der Waals surface area contributed by atoms with Crippen molar-refractivity contribution in [1.82, 2.24) is 14.6 Å². The van der Waals surface area contributed by atoms with Gasteiger partial charge in [0.25, 0.3) is 5.56 Å². The van der Waals surface area contributed by atoms with Crippen LogP contribution in [0.1, 0.15) is 33.4 Å². The molecule has 11 nitrogen and oxygen atoms in total. The van der Waals surface area contributed by atoms with E-state index in [2.05, 4.69) is 10.1 Å². The van der Waals surface area contributed by atoms with E-state index in [0.29, 0.717) is 12.2 Å². The first kappa shape index (κ1) is 24.5. The highest BCUT2D eigenvalue weighted by atomic mass is 31.2. The number of para-hydroxylation sites is 1. The second-order valence-corrected chi connectivity index (χ2v) is 9.20. The van der Waals surface area contributed by atoms with Crippen LogP contribution >= 0.6 is 7.75 Å². The topological polar surface area (TPSA) is 138 Å². The van der Waals surface area contributed by atoms with E-state index in [1.165, 1.54) is 23.8 Å². The van der Waals surface area contributed by atoms with Gasteiger partial charge in [-0.1, -0.05) is 18.2 Å². The summed E-state index contributed by atoms with van der Waals surface area (Å²) in [5.41, 5.74) is -1.12. The first-order valence-corrected chi connectivity index (χ1v) is 11.8. The molecule has 3 atom stereocenters. The number of ether oxygens (including phenoxy) is 2. The predicted octanol–water partition coefficient (Wildman–Crippen LogP) is 2.47. The average Bonchev–Trinajstić information content (AvgIpc) is 3.21. The van der Waals surface area contributed by atoms with E-state index in [1.54, 1.807) is 50.3 Å². The maximum absolute atomic E-state index is 13.4. The summed E-state index contributed by atoms with van der Waals surface area (Å²) in [6.07, 6.45) is 2.30. The molecule has 0 saturated heterocycles. The average molecular weight is 479 g/mol. The van der Waals surface area contributed by atoms with E-state index in [1.807, 2.05) is 0 Å². The summed E-state index contributed by atoms with van der Waals surface area (Å²) in [5, 5.41) is 2.59. The Balaban J connectivity index is 1.68. The number of rotatable bonds is 10. The number of aromatic nitrogens is 2. The van der Waals surface area contributed by atoms with Gasteiger partial charge in [-0.25, -0.2) is 9.36 Å². The van der Waals surface area contributed by atoms with Gasteiger partial charge in [0.2, 0.25) is 0 Å². The third-order valence-electron chi connectivity index (χ3n) is 4.40. The van der Waals surface area contributed by atoms with E-state index >= 15 is 0 Å². The van der Waals surface area contributed by atoms with Gasteiger partial charge in [-0.3, -0.25) is 23.7 Å². The fourth-order valence-corrected chi connectivity index (χ4v) is 4.36. The summed E-state index contributed by atoms with van der Waals surface area (Å²) in [6.45, 7) is 4.64. The number of esters is 1. The zero-order valence-corrected chi connectivity index (χ0v) is 19.3. The molecule has 1 aliphatic heterocycles. The van der Waals surface area contributed by atoms with Gasteiger partial charge in [0, 0.05) is 18.7 Å². The van der Waals surface area contributed by atoms with Crippen molar-refractivity contribution in [2.45, 2.75) is 45.6 Å². The van der Waals surface area contributed by atoms with Crippen LogP contribution in [-0.2, 0) is 23.4 Å². The molecule has 33 heavy (non-hydrogen) atoms. The number of nitrogens with zero attached hydrogens (tertiary/aromatic N) is 1. The molecule has 0 fully saturated rings. The summed E-state index contributed by atoms with van der Waals surface area (Å²) < 4.78 is 36.6. The van der Waals surface area contributed by atoms with E-state index in [9.17, 15) is 18.9 Å². The van der Waals surface area contributed by atoms with Crippen LogP contribution in [0.5, 0.6) is 5.75 Å². The Labute approximate surface area is 189 Å². The van der Waals surface area contributed by atoms with Crippen LogP contribution in [0.15, 0.2) is 64.0 Å². The van der Waals surface area contributed by atoms with Crippen LogP contribution in [0.2, 0.25) is 0 Å². The Morgan fingerprint density at radius 3 is 2.64 bits per heavy atom. The second kappa shape index (κ2) is 10.7. The van der Waals surface area contributed by atoms with Crippen molar-refractivity contribution >= 4 is 13.7 Å². The van der Waals surface area contributed by atoms with Crippen molar-refractivity contribution in [3.05, 3.63) is 75.3 Å². The van der Waals surface area contributed by atoms with Crippen LogP contribution in [0.4, 0.5) is 0 Å². The monoisotopic (exact) mass is 479 g/mol. The molecule has 0 unspecified atom stereocenters. The number of benzene rings is 1. The highest BCUT2D eigenvalue weighted by Gasteiger charge is 2.34. The molecule has 2 aromatic rings. The molecular formula is C21H26N3O8P. The van der Waals surface area contributed by atoms with Crippen LogP contribution in [0, 0.1) is 0 Å². The lowest BCUT2D eigenvalue weighted by Crippen LogP contribution is -2.36. The molecule has 0 amide bonds. The number of carbonyl (C=O) groups is 1. The van der Waals surface area contributed by atoms with Crippen LogP contribution in [-0.4, -0.2) is 34.3 Å². The molecule has 0 spiro atoms. The smallest absolute Gasteiger partial charge is 0.459 e. The van der Waals surface area contributed by atoms with Gasteiger partial charge in [0.1, 0.15) is 24.2 Å². The van der Waals surface area contributed by atoms with Gasteiger partial charge < -0.3 is 14.0 Å². The molecule has 1 aromatic heterocycles. The summed E-state index contributed by atoms with van der Waals surface area (Å²) in [6, 6.07) is 8.59. The molecule has 2 heterocycles. The molecule has 0 radical (unpaired) electrons. The quantitative estimate of drug-likeness (QED) is 0.389. The zero-order chi connectivity index (χ0) is 24.0. The molecule has 1 aliphatic rings. The number of hydrogen-bond donors (Lipinski definition) is 2. The fraction of sp³-hybridized carbons (Fsp3) is 0.381. The summed E-state index contributed by atoms with van der Waals surface area (Å²) >= 11 is 0. The maximum atomic E-state index is 13.4. The van der Waals surface area contributed by atoms with Gasteiger partial charge in [0.15, 0.2) is 6.23 Å². The number of nitrogens with one attached hydrogen (secondary N) is 2. The molecule has 0 bridgehead atoms. The van der Waals surface area contributed by atoms with E-state index in [-0.39, 0.29) is 18.5 Å². The predicted molar refractivity (Wildman–Crippen MR) is 119 cm³/mol. The molecule has 178 valence electrons. The summed E-state index contributed by atoms with van der Waals surface area (Å²) in [7, 11) is -4.04. The fourth-order valence-electron chi connectivity index (χ4n) is 2.90. The van der Waals surface area contributed by atoms with E-state index < -0.39 is 37.2 Å². The molecule has 0 aliphatic carbocycles. The third kappa shape index (κ3) is 6.92. The minimum absolute atomic E-state index is 0.252. The highest BCUT2D eigenvalue weighted by Crippen LogP contribution is 2.45. The molecular weight excluding hydrogens is 453 g/mol. The maximum Gasteiger partial charge on any atom is 0.459 e. The molecule has 2 N–H and O–H groups in total. The Hall–Kier alpha value is -3.14. The number of hydrogen-bond acceptors (Lipinski definition) is 8. The van der Waals surface area contributed by atoms with Crippen molar-refractivity contribution in [3.63, 3.8) is 0 Å². The Kier molecular flexibility index (Phi) is 7.91. The summed E-state index contributed by atoms with van der Waals surface area (Å²) in [4.78, 5) is 37.6. The largest absolute Gasteiger partial charge is 0.472 e. The number of carbonyl (C=O) groups excluding carboxylic acids is 1. The number of aromatic amines is 1. The van der Waals surface area contributed by atoms with Crippen LogP contribution < -0.4 is 20.9 Å². The van der Waals surface area contributed by atoms with Crippen molar-refractivity contribution < 1.29 is 27.9 Å². The van der Waals surface area contributed by atoms with E-state index in [4.69, 9.17) is 18.5 Å². The molecule has 0 saturated carbocycles.